The molecule has 0 aliphatic rings. The SMILES string of the molecule is CCCC(CCCc1cccc(OC)c1)NC. The fourth-order valence-electron chi connectivity index (χ4n) is 2.16. The molecular weight excluding hydrogens is 210 g/mol. The van der Waals surface area contributed by atoms with Crippen LogP contribution in [0.25, 0.3) is 0 Å². The summed E-state index contributed by atoms with van der Waals surface area (Å²) < 4.78 is 5.23. The van der Waals surface area contributed by atoms with E-state index in [1.165, 1.54) is 31.2 Å². The molecule has 0 aliphatic carbocycles. The fourth-order valence-corrected chi connectivity index (χ4v) is 2.16. The lowest BCUT2D eigenvalue weighted by atomic mass is 10.0. The second kappa shape index (κ2) is 8.13. The van der Waals surface area contributed by atoms with Gasteiger partial charge in [0.15, 0.2) is 0 Å². The predicted molar refractivity (Wildman–Crippen MR) is 73.7 cm³/mol. The Labute approximate surface area is 105 Å². The summed E-state index contributed by atoms with van der Waals surface area (Å²) in [7, 11) is 3.78. The molecule has 1 atom stereocenters. The van der Waals surface area contributed by atoms with Crippen molar-refractivity contribution in [2.45, 2.75) is 45.1 Å². The Balaban J connectivity index is 2.34. The highest BCUT2D eigenvalue weighted by Gasteiger charge is 2.04. The minimum atomic E-state index is 0.672. The smallest absolute Gasteiger partial charge is 0.119 e. The molecule has 1 aromatic rings. The van der Waals surface area contributed by atoms with Gasteiger partial charge >= 0.3 is 0 Å². The number of rotatable bonds is 8. The summed E-state index contributed by atoms with van der Waals surface area (Å²) in [6, 6.07) is 9.04. The maximum absolute atomic E-state index is 5.23. The molecule has 0 aromatic heterocycles. The zero-order valence-electron chi connectivity index (χ0n) is 11.3. The first kappa shape index (κ1) is 14.0. The second-order valence-electron chi connectivity index (χ2n) is 4.52. The number of hydrogen-bond acceptors (Lipinski definition) is 2. The molecule has 96 valence electrons. The molecule has 0 heterocycles. The van der Waals surface area contributed by atoms with E-state index in [1.54, 1.807) is 7.11 Å². The van der Waals surface area contributed by atoms with Crippen LogP contribution in [0.4, 0.5) is 0 Å². The van der Waals surface area contributed by atoms with Crippen LogP contribution in [0.3, 0.4) is 0 Å². The van der Waals surface area contributed by atoms with Gasteiger partial charge in [0, 0.05) is 6.04 Å². The second-order valence-corrected chi connectivity index (χ2v) is 4.52. The largest absolute Gasteiger partial charge is 0.497 e. The van der Waals surface area contributed by atoms with Crippen molar-refractivity contribution in [2.75, 3.05) is 14.2 Å². The Kier molecular flexibility index (Phi) is 6.71. The van der Waals surface area contributed by atoms with E-state index >= 15 is 0 Å². The minimum Gasteiger partial charge on any atom is -0.497 e. The monoisotopic (exact) mass is 235 g/mol. The van der Waals surface area contributed by atoms with Gasteiger partial charge in [0.1, 0.15) is 5.75 Å². The summed E-state index contributed by atoms with van der Waals surface area (Å²) in [5.41, 5.74) is 1.37. The predicted octanol–water partition coefficient (Wildman–Crippen LogP) is 3.41. The highest BCUT2D eigenvalue weighted by atomic mass is 16.5. The zero-order chi connectivity index (χ0) is 12.5. The average Bonchev–Trinajstić information content (AvgIpc) is 2.38. The average molecular weight is 235 g/mol. The Morgan fingerprint density at radius 3 is 2.76 bits per heavy atom. The molecule has 0 fully saturated rings. The van der Waals surface area contributed by atoms with Crippen molar-refractivity contribution in [3.63, 3.8) is 0 Å². The van der Waals surface area contributed by atoms with Crippen LogP contribution < -0.4 is 10.1 Å². The Morgan fingerprint density at radius 1 is 1.29 bits per heavy atom. The quantitative estimate of drug-likeness (QED) is 0.745. The first-order valence-corrected chi connectivity index (χ1v) is 6.60. The molecule has 2 nitrogen and oxygen atoms in total. The zero-order valence-corrected chi connectivity index (χ0v) is 11.3. The molecule has 1 N–H and O–H groups in total. The van der Waals surface area contributed by atoms with Crippen LogP contribution in [0.1, 0.15) is 38.2 Å². The van der Waals surface area contributed by atoms with Crippen LogP contribution in [-0.2, 0) is 6.42 Å². The summed E-state index contributed by atoms with van der Waals surface area (Å²) in [6.07, 6.45) is 6.15. The number of nitrogens with one attached hydrogen (secondary N) is 1. The molecule has 0 spiro atoms. The molecule has 0 amide bonds. The van der Waals surface area contributed by atoms with Crippen LogP contribution in [-0.4, -0.2) is 20.2 Å². The number of ether oxygens (including phenoxy) is 1. The minimum absolute atomic E-state index is 0.672. The van der Waals surface area contributed by atoms with E-state index in [0.29, 0.717) is 6.04 Å². The van der Waals surface area contributed by atoms with E-state index in [-0.39, 0.29) is 0 Å². The van der Waals surface area contributed by atoms with E-state index < -0.39 is 0 Å². The van der Waals surface area contributed by atoms with E-state index in [2.05, 4.69) is 37.5 Å². The standard InChI is InChI=1S/C15H25NO/c1-4-7-14(16-2)10-5-8-13-9-6-11-15(12-13)17-3/h6,9,11-12,14,16H,4-5,7-8,10H2,1-3H3. The molecule has 1 aromatic carbocycles. The molecule has 0 aliphatic heterocycles. The number of benzene rings is 1. The lowest BCUT2D eigenvalue weighted by Crippen LogP contribution is -2.24. The highest BCUT2D eigenvalue weighted by Crippen LogP contribution is 2.15. The van der Waals surface area contributed by atoms with Gasteiger partial charge < -0.3 is 10.1 Å². The van der Waals surface area contributed by atoms with Gasteiger partial charge in [0.05, 0.1) is 7.11 Å². The highest BCUT2D eigenvalue weighted by molar-refractivity contribution is 5.28. The normalized spacial score (nSPS) is 12.4. The summed E-state index contributed by atoms with van der Waals surface area (Å²) in [5, 5.41) is 3.39. The van der Waals surface area contributed by atoms with E-state index in [4.69, 9.17) is 4.74 Å². The molecule has 0 bridgehead atoms. The molecule has 1 unspecified atom stereocenters. The van der Waals surface area contributed by atoms with Gasteiger partial charge in [-0.2, -0.15) is 0 Å². The molecule has 0 radical (unpaired) electrons. The van der Waals surface area contributed by atoms with E-state index in [9.17, 15) is 0 Å². The first-order valence-electron chi connectivity index (χ1n) is 6.60. The molecule has 1 rings (SSSR count). The van der Waals surface area contributed by atoms with Crippen molar-refractivity contribution < 1.29 is 4.74 Å². The molecular formula is C15H25NO. The topological polar surface area (TPSA) is 21.3 Å². The van der Waals surface area contributed by atoms with Gasteiger partial charge in [0.2, 0.25) is 0 Å². The van der Waals surface area contributed by atoms with Crippen LogP contribution >= 0.6 is 0 Å². The van der Waals surface area contributed by atoms with Crippen molar-refractivity contribution >= 4 is 0 Å². The van der Waals surface area contributed by atoms with Gasteiger partial charge in [-0.3, -0.25) is 0 Å². The maximum atomic E-state index is 5.23. The lowest BCUT2D eigenvalue weighted by molar-refractivity contribution is 0.414. The van der Waals surface area contributed by atoms with Gasteiger partial charge in [-0.05, 0) is 50.4 Å². The molecule has 17 heavy (non-hydrogen) atoms. The van der Waals surface area contributed by atoms with Crippen molar-refractivity contribution in [3.8, 4) is 5.75 Å². The third-order valence-corrected chi connectivity index (χ3v) is 3.20. The van der Waals surface area contributed by atoms with Crippen molar-refractivity contribution in [1.29, 1.82) is 0 Å². The molecule has 0 saturated heterocycles. The summed E-state index contributed by atoms with van der Waals surface area (Å²) in [6.45, 7) is 2.24. The Hall–Kier alpha value is -1.02. The summed E-state index contributed by atoms with van der Waals surface area (Å²) >= 11 is 0. The third kappa shape index (κ3) is 5.22. The molecule has 2 heteroatoms. The van der Waals surface area contributed by atoms with Crippen LogP contribution in [0, 0.1) is 0 Å². The lowest BCUT2D eigenvalue weighted by Gasteiger charge is -2.14. The van der Waals surface area contributed by atoms with Gasteiger partial charge in [0.25, 0.3) is 0 Å². The van der Waals surface area contributed by atoms with Gasteiger partial charge in [-0.1, -0.05) is 25.5 Å². The van der Waals surface area contributed by atoms with Crippen molar-refractivity contribution in [2.24, 2.45) is 0 Å². The van der Waals surface area contributed by atoms with E-state index in [0.717, 1.165) is 12.2 Å². The summed E-state index contributed by atoms with van der Waals surface area (Å²) in [4.78, 5) is 0. The summed E-state index contributed by atoms with van der Waals surface area (Å²) in [5.74, 6) is 0.959. The van der Waals surface area contributed by atoms with Crippen molar-refractivity contribution in [1.82, 2.24) is 5.32 Å². The number of aryl methyl sites for hydroxylation is 1. The van der Waals surface area contributed by atoms with Crippen LogP contribution in [0.15, 0.2) is 24.3 Å². The fraction of sp³-hybridized carbons (Fsp3) is 0.600. The van der Waals surface area contributed by atoms with Crippen LogP contribution in [0.2, 0.25) is 0 Å². The number of hydrogen-bond donors (Lipinski definition) is 1. The van der Waals surface area contributed by atoms with Gasteiger partial charge in [-0.25, -0.2) is 0 Å². The van der Waals surface area contributed by atoms with Crippen LogP contribution in [0.5, 0.6) is 5.75 Å². The first-order chi connectivity index (χ1) is 8.30. The Morgan fingerprint density at radius 2 is 2.12 bits per heavy atom. The third-order valence-electron chi connectivity index (χ3n) is 3.20. The van der Waals surface area contributed by atoms with Gasteiger partial charge in [-0.15, -0.1) is 0 Å². The maximum Gasteiger partial charge on any atom is 0.119 e. The molecule has 0 saturated carbocycles. The van der Waals surface area contributed by atoms with Crippen molar-refractivity contribution in [3.05, 3.63) is 29.8 Å². The number of methoxy groups -OCH3 is 1. The van der Waals surface area contributed by atoms with E-state index in [1.807, 2.05) is 6.07 Å². The Bertz CT molecular complexity index is 312.